The minimum atomic E-state index is -0.0939. The van der Waals surface area contributed by atoms with Crippen LogP contribution in [0.1, 0.15) is 218 Å². The molecule has 1 aliphatic rings. The van der Waals surface area contributed by atoms with Crippen molar-refractivity contribution >= 4 is 5.78 Å². The van der Waals surface area contributed by atoms with Crippen LogP contribution in [-0.4, -0.2) is 27.4 Å². The lowest BCUT2D eigenvalue weighted by Crippen LogP contribution is -2.23. The maximum Gasteiger partial charge on any atom is 0.161 e. The fourth-order valence-electron chi connectivity index (χ4n) is 6.97. The zero-order chi connectivity index (χ0) is 31.0. The smallest absolute Gasteiger partial charge is 0.161 e. The number of Topliss-reactive ketones (excluding diaryl/α,β-unsaturated/α-hetero) is 1. The molecule has 0 aliphatic heterocycles. The van der Waals surface area contributed by atoms with E-state index < -0.39 is 0 Å². The van der Waals surface area contributed by atoms with Gasteiger partial charge in [0, 0.05) is 5.92 Å². The summed E-state index contributed by atoms with van der Waals surface area (Å²) in [5.41, 5.74) is 2.34. The first-order chi connectivity index (χ1) is 21.2. The van der Waals surface area contributed by atoms with Crippen LogP contribution in [0.15, 0.2) is 0 Å². The van der Waals surface area contributed by atoms with Crippen LogP contribution in [-0.2, 0) is 16.0 Å². The van der Waals surface area contributed by atoms with E-state index in [1.54, 1.807) is 0 Å². The molecule has 0 N–H and O–H groups in total. The molecular weight excluding hydrogens is 530 g/mol. The van der Waals surface area contributed by atoms with Crippen molar-refractivity contribution in [1.82, 2.24) is 15.0 Å². The van der Waals surface area contributed by atoms with Gasteiger partial charge in [-0.2, -0.15) is 0 Å². The predicted molar refractivity (Wildman–Crippen MR) is 183 cm³/mol. The molecule has 0 radical (unpaired) electrons. The summed E-state index contributed by atoms with van der Waals surface area (Å²) in [5.74, 6) is 0.475. The normalized spacial score (nSPS) is 15.6. The number of hydrogen-bond donors (Lipinski definition) is 0. The Morgan fingerprint density at radius 2 is 1.21 bits per heavy atom. The highest BCUT2D eigenvalue weighted by molar-refractivity contribution is 5.82. The third-order valence-corrected chi connectivity index (χ3v) is 9.83. The van der Waals surface area contributed by atoms with Gasteiger partial charge in [0.05, 0.1) is 11.7 Å². The van der Waals surface area contributed by atoms with Crippen LogP contribution in [0.5, 0.6) is 0 Å². The summed E-state index contributed by atoms with van der Waals surface area (Å²) in [6.45, 7) is 9.33. The Morgan fingerprint density at radius 1 is 0.698 bits per heavy atom. The summed E-state index contributed by atoms with van der Waals surface area (Å²) in [4.78, 5) is 13.5. The summed E-state index contributed by atoms with van der Waals surface area (Å²) >= 11 is 0. The molecule has 1 unspecified atom stereocenters. The summed E-state index contributed by atoms with van der Waals surface area (Å²) < 4.78 is 8.84. The standard InChI is InChI=1S/C38H71N3O2/c1-5-9-13-17-22-28-34(29-23-18-14-10-6-2)41-35-30-24-19-25-31-37(38(35)39-40-41)43-32-36(42)33(26-20-15-11-7-3)27-21-16-12-8-4/h33-34,37H,5-32H2,1-4H3. The lowest BCUT2D eigenvalue weighted by atomic mass is 9.91. The summed E-state index contributed by atoms with van der Waals surface area (Å²) in [6.07, 6.45) is 32.9. The van der Waals surface area contributed by atoms with Gasteiger partial charge in [-0.25, -0.2) is 4.68 Å². The number of ketones is 1. The summed E-state index contributed by atoms with van der Waals surface area (Å²) in [6, 6.07) is 0.442. The highest BCUT2D eigenvalue weighted by Gasteiger charge is 2.28. The zero-order valence-electron chi connectivity index (χ0n) is 29.2. The fraction of sp³-hybridized carbons (Fsp3) is 0.921. The minimum absolute atomic E-state index is 0.0939. The molecule has 1 aliphatic carbocycles. The molecule has 43 heavy (non-hydrogen) atoms. The second kappa shape index (κ2) is 25.0. The SMILES string of the molecule is CCCCCCCC(CCCCCCC)n1nnc2c1CCCCCC2OCC(=O)C(CCCCCC)CCCCCC. The summed E-state index contributed by atoms with van der Waals surface area (Å²) in [5, 5.41) is 9.66. The molecule has 5 nitrogen and oxygen atoms in total. The third kappa shape index (κ3) is 15.6. The van der Waals surface area contributed by atoms with Gasteiger partial charge < -0.3 is 4.74 Å². The van der Waals surface area contributed by atoms with Gasteiger partial charge in [0.15, 0.2) is 5.78 Å². The van der Waals surface area contributed by atoms with E-state index >= 15 is 0 Å². The van der Waals surface area contributed by atoms with Crippen molar-refractivity contribution in [3.05, 3.63) is 11.4 Å². The van der Waals surface area contributed by atoms with Crippen molar-refractivity contribution in [2.75, 3.05) is 6.61 Å². The van der Waals surface area contributed by atoms with Crippen molar-refractivity contribution in [2.45, 2.75) is 213 Å². The van der Waals surface area contributed by atoms with E-state index in [1.165, 1.54) is 134 Å². The number of carbonyl (C=O) groups excluding carboxylic acids is 1. The van der Waals surface area contributed by atoms with Gasteiger partial charge in [-0.1, -0.05) is 161 Å². The molecule has 0 amide bonds. The van der Waals surface area contributed by atoms with E-state index in [9.17, 15) is 4.79 Å². The molecule has 2 rings (SSSR count). The highest BCUT2D eigenvalue weighted by atomic mass is 16.5. The Hall–Kier alpha value is -1.23. The number of unbranched alkanes of at least 4 members (excludes halogenated alkanes) is 14. The number of nitrogens with zero attached hydrogens (tertiary/aromatic N) is 3. The van der Waals surface area contributed by atoms with Crippen LogP contribution in [0, 0.1) is 5.92 Å². The van der Waals surface area contributed by atoms with Crippen molar-refractivity contribution in [2.24, 2.45) is 5.92 Å². The lowest BCUT2D eigenvalue weighted by molar-refractivity contribution is -0.130. The summed E-state index contributed by atoms with van der Waals surface area (Å²) in [7, 11) is 0. The third-order valence-electron chi connectivity index (χ3n) is 9.83. The number of ether oxygens (including phenoxy) is 1. The van der Waals surface area contributed by atoms with Crippen molar-refractivity contribution < 1.29 is 9.53 Å². The van der Waals surface area contributed by atoms with E-state index in [4.69, 9.17) is 15.0 Å². The topological polar surface area (TPSA) is 57.0 Å². The molecule has 1 atom stereocenters. The average Bonchev–Trinajstić information content (AvgIpc) is 3.41. The molecule has 1 heterocycles. The first kappa shape index (κ1) is 38.0. The number of fused-ring (bicyclic) bond motifs is 1. The van der Waals surface area contributed by atoms with Gasteiger partial charge >= 0.3 is 0 Å². The zero-order valence-corrected chi connectivity index (χ0v) is 29.2. The van der Waals surface area contributed by atoms with E-state index in [0.29, 0.717) is 11.8 Å². The lowest BCUT2D eigenvalue weighted by Gasteiger charge is -2.24. The largest absolute Gasteiger partial charge is 0.364 e. The van der Waals surface area contributed by atoms with Crippen molar-refractivity contribution in [3.8, 4) is 0 Å². The van der Waals surface area contributed by atoms with E-state index in [2.05, 4.69) is 32.4 Å². The maximum absolute atomic E-state index is 13.5. The fourth-order valence-corrected chi connectivity index (χ4v) is 6.97. The molecule has 5 heteroatoms. The van der Waals surface area contributed by atoms with Crippen molar-refractivity contribution in [1.29, 1.82) is 0 Å². The number of carbonyl (C=O) groups is 1. The van der Waals surface area contributed by atoms with Crippen LogP contribution in [0.2, 0.25) is 0 Å². The Labute approximate surface area is 267 Å². The minimum Gasteiger partial charge on any atom is -0.364 e. The molecular formula is C38H71N3O2. The first-order valence-corrected chi connectivity index (χ1v) is 19.2. The monoisotopic (exact) mass is 602 g/mol. The van der Waals surface area contributed by atoms with Gasteiger partial charge in [-0.3, -0.25) is 4.79 Å². The quantitative estimate of drug-likeness (QED) is 0.0941. The predicted octanol–water partition coefficient (Wildman–Crippen LogP) is 11.8. The molecule has 250 valence electrons. The number of aromatic nitrogens is 3. The Morgan fingerprint density at radius 3 is 1.77 bits per heavy atom. The van der Waals surface area contributed by atoms with Crippen LogP contribution in [0.4, 0.5) is 0 Å². The van der Waals surface area contributed by atoms with Crippen LogP contribution >= 0.6 is 0 Å². The van der Waals surface area contributed by atoms with Crippen molar-refractivity contribution in [3.63, 3.8) is 0 Å². The van der Waals surface area contributed by atoms with E-state index in [1.807, 2.05) is 0 Å². The molecule has 0 saturated carbocycles. The highest BCUT2D eigenvalue weighted by Crippen LogP contribution is 2.33. The van der Waals surface area contributed by atoms with Crippen LogP contribution in [0.25, 0.3) is 0 Å². The Balaban J connectivity index is 2.10. The second-order valence-electron chi connectivity index (χ2n) is 13.7. The molecule has 0 saturated heterocycles. The van der Waals surface area contributed by atoms with Crippen LogP contribution in [0.3, 0.4) is 0 Å². The van der Waals surface area contributed by atoms with E-state index in [-0.39, 0.29) is 18.6 Å². The molecule has 0 fully saturated rings. The van der Waals surface area contributed by atoms with Gasteiger partial charge in [0.2, 0.25) is 0 Å². The second-order valence-corrected chi connectivity index (χ2v) is 13.7. The number of rotatable bonds is 27. The number of hydrogen-bond acceptors (Lipinski definition) is 4. The van der Waals surface area contributed by atoms with Gasteiger partial charge in [0.25, 0.3) is 0 Å². The van der Waals surface area contributed by atoms with E-state index in [0.717, 1.165) is 50.6 Å². The van der Waals surface area contributed by atoms with Gasteiger partial charge in [0.1, 0.15) is 18.4 Å². The first-order valence-electron chi connectivity index (χ1n) is 19.2. The Bertz CT molecular complexity index is 781. The van der Waals surface area contributed by atoms with Gasteiger partial charge in [-0.05, 0) is 44.9 Å². The average molecular weight is 602 g/mol. The Kier molecular flexibility index (Phi) is 22.1. The van der Waals surface area contributed by atoms with Crippen LogP contribution < -0.4 is 0 Å². The molecule has 1 aromatic heterocycles. The molecule has 1 aromatic rings. The molecule has 0 bridgehead atoms. The molecule has 0 aromatic carbocycles. The maximum atomic E-state index is 13.5. The molecule has 0 spiro atoms. The van der Waals surface area contributed by atoms with Gasteiger partial charge in [-0.15, -0.1) is 5.10 Å².